The molecule has 8 rings (SSSR count). The van der Waals surface area contributed by atoms with E-state index in [-0.39, 0.29) is 32.7 Å². The number of likely N-dealkylation sites (tertiary alicyclic amines) is 1. The first-order valence-corrected chi connectivity index (χ1v) is 19.6. The van der Waals surface area contributed by atoms with E-state index in [1.54, 1.807) is 0 Å². The molecule has 2 amide bonds. The Labute approximate surface area is 305 Å². The number of amides is 2. The number of benzene rings is 2. The summed E-state index contributed by atoms with van der Waals surface area (Å²) in [6, 6.07) is 17.2. The SMILES string of the molecule is CC(C)C(C)(C)C(=O)N1CCCC1(C)c1ncc(-c2ccc(-c3ccc(-c4cnc(C56CCC7(S)CCCCC(=O)N7C5S6)[nH]4)cc3)cc2)[nH]1. The summed E-state index contributed by atoms with van der Waals surface area (Å²) in [7, 11) is 0. The molecule has 4 aliphatic heterocycles. The lowest BCUT2D eigenvalue weighted by Gasteiger charge is -2.44. The van der Waals surface area contributed by atoms with Crippen LogP contribution in [0, 0.1) is 11.3 Å². The minimum absolute atomic E-state index is 0.115. The zero-order chi connectivity index (χ0) is 35.1. The maximum absolute atomic E-state index is 13.7. The van der Waals surface area contributed by atoms with Crippen LogP contribution in [-0.4, -0.2) is 58.3 Å². The summed E-state index contributed by atoms with van der Waals surface area (Å²) in [4.78, 5) is 47.4. The molecular weight excluding hydrogens is 661 g/mol. The van der Waals surface area contributed by atoms with Gasteiger partial charge in [-0.2, -0.15) is 12.6 Å². The molecule has 50 heavy (non-hydrogen) atoms. The number of piperidine rings is 1. The lowest BCUT2D eigenvalue weighted by molar-refractivity contribution is -0.147. The van der Waals surface area contributed by atoms with Crippen LogP contribution in [0.25, 0.3) is 33.6 Å². The smallest absolute Gasteiger partial charge is 0.229 e. The number of nitrogens with one attached hydrogen (secondary N) is 2. The molecule has 2 aromatic heterocycles. The lowest BCUT2D eigenvalue weighted by atomic mass is 9.79. The fourth-order valence-electron chi connectivity index (χ4n) is 8.28. The molecule has 0 saturated carbocycles. The minimum Gasteiger partial charge on any atom is -0.341 e. The van der Waals surface area contributed by atoms with Crippen molar-refractivity contribution in [1.82, 2.24) is 29.7 Å². The van der Waals surface area contributed by atoms with Gasteiger partial charge < -0.3 is 19.8 Å². The van der Waals surface area contributed by atoms with E-state index in [0.717, 1.165) is 96.8 Å². The van der Waals surface area contributed by atoms with Crippen LogP contribution in [0.15, 0.2) is 60.9 Å². The molecule has 4 aliphatic rings. The first kappa shape index (κ1) is 33.6. The molecule has 0 radical (unpaired) electrons. The Bertz CT molecular complexity index is 1930. The van der Waals surface area contributed by atoms with Crippen LogP contribution in [0.4, 0.5) is 0 Å². The number of rotatable bonds is 7. The van der Waals surface area contributed by atoms with Gasteiger partial charge in [0.2, 0.25) is 11.8 Å². The number of carbonyl (C=O) groups is 2. The topological polar surface area (TPSA) is 98.0 Å². The van der Waals surface area contributed by atoms with Gasteiger partial charge in [-0.05, 0) is 80.0 Å². The van der Waals surface area contributed by atoms with E-state index in [9.17, 15) is 9.59 Å². The van der Waals surface area contributed by atoms with Crippen LogP contribution in [-0.2, 0) is 19.9 Å². The second-order valence-electron chi connectivity index (χ2n) is 16.0. The van der Waals surface area contributed by atoms with E-state index in [1.165, 1.54) is 0 Å². The maximum Gasteiger partial charge on any atom is 0.229 e. The summed E-state index contributed by atoms with van der Waals surface area (Å²) < 4.78 is -0.155. The van der Waals surface area contributed by atoms with Crippen LogP contribution in [0.1, 0.15) is 97.6 Å². The summed E-state index contributed by atoms with van der Waals surface area (Å²) in [5.41, 5.74) is 5.49. The molecule has 2 aromatic carbocycles. The lowest BCUT2D eigenvalue weighted by Crippen LogP contribution is -2.53. The average molecular weight is 709 g/mol. The first-order valence-electron chi connectivity index (χ1n) is 18.2. The highest BCUT2D eigenvalue weighted by Crippen LogP contribution is 2.70. The van der Waals surface area contributed by atoms with Crippen molar-refractivity contribution < 1.29 is 9.59 Å². The van der Waals surface area contributed by atoms with Gasteiger partial charge in [0.05, 0.1) is 34.2 Å². The van der Waals surface area contributed by atoms with Crippen LogP contribution in [0.3, 0.4) is 0 Å². The standard InChI is InChI=1S/C40H48N6O2S2/c1-25(2)37(3,4)35(48)45-22-8-18-38(45,5)33-41-23-30(43-33)28-14-10-26(11-15-28)27-12-16-29(17-13-27)31-24-42-34(44-31)40-21-20-39(49)19-7-6-9-32(47)46(39)36(40)50-40/h10-17,23-25,36,49H,6-9,18-22H2,1-5H3,(H,41,43)(H,42,44). The summed E-state index contributed by atoms with van der Waals surface area (Å²) in [6.07, 6.45) is 11.2. The van der Waals surface area contributed by atoms with Crippen molar-refractivity contribution in [2.24, 2.45) is 11.3 Å². The van der Waals surface area contributed by atoms with Crippen LogP contribution >= 0.6 is 24.4 Å². The van der Waals surface area contributed by atoms with Gasteiger partial charge in [-0.1, -0.05) is 76.2 Å². The Balaban J connectivity index is 0.956. The summed E-state index contributed by atoms with van der Waals surface area (Å²) in [5, 5.41) is 0.115. The van der Waals surface area contributed by atoms with E-state index in [4.69, 9.17) is 22.6 Å². The quantitative estimate of drug-likeness (QED) is 0.132. The Kier molecular flexibility index (Phi) is 8.10. The van der Waals surface area contributed by atoms with Gasteiger partial charge in [-0.25, -0.2) is 9.97 Å². The van der Waals surface area contributed by atoms with E-state index in [0.29, 0.717) is 6.42 Å². The van der Waals surface area contributed by atoms with E-state index >= 15 is 0 Å². The third kappa shape index (κ3) is 5.35. The van der Waals surface area contributed by atoms with Crippen molar-refractivity contribution in [3.63, 3.8) is 0 Å². The van der Waals surface area contributed by atoms with Gasteiger partial charge in [0.1, 0.15) is 21.8 Å². The molecule has 4 aromatic rings. The van der Waals surface area contributed by atoms with Crippen LogP contribution < -0.4 is 0 Å². The van der Waals surface area contributed by atoms with Crippen molar-refractivity contribution in [1.29, 1.82) is 0 Å². The normalized spacial score (nSPS) is 28.1. The number of nitrogens with zero attached hydrogens (tertiary/aromatic N) is 4. The predicted molar refractivity (Wildman–Crippen MR) is 203 cm³/mol. The van der Waals surface area contributed by atoms with Gasteiger partial charge in [-0.15, -0.1) is 11.8 Å². The zero-order valence-corrected chi connectivity index (χ0v) is 31.5. The fraction of sp³-hybridized carbons (Fsp3) is 0.500. The van der Waals surface area contributed by atoms with E-state index in [2.05, 4.69) is 98.0 Å². The number of hydrogen-bond donors (Lipinski definition) is 3. The number of aromatic nitrogens is 4. The number of thiol groups is 1. The van der Waals surface area contributed by atoms with Crippen molar-refractivity contribution >= 4 is 36.2 Å². The maximum atomic E-state index is 13.7. The molecule has 262 valence electrons. The van der Waals surface area contributed by atoms with Crippen molar-refractivity contribution in [2.45, 2.75) is 107 Å². The van der Waals surface area contributed by atoms with Gasteiger partial charge >= 0.3 is 0 Å². The van der Waals surface area contributed by atoms with Gasteiger partial charge in [0.15, 0.2) is 0 Å². The van der Waals surface area contributed by atoms with Crippen LogP contribution in [0.2, 0.25) is 0 Å². The summed E-state index contributed by atoms with van der Waals surface area (Å²) in [6.45, 7) is 11.3. The van der Waals surface area contributed by atoms with Crippen molar-refractivity contribution in [3.8, 4) is 33.6 Å². The largest absolute Gasteiger partial charge is 0.341 e. The number of hydrogen-bond acceptors (Lipinski definition) is 6. The molecule has 4 saturated heterocycles. The summed E-state index contributed by atoms with van der Waals surface area (Å²) >= 11 is 6.91. The van der Waals surface area contributed by atoms with Gasteiger partial charge in [-0.3, -0.25) is 9.59 Å². The number of H-pyrrole nitrogens is 2. The predicted octanol–water partition coefficient (Wildman–Crippen LogP) is 8.74. The second kappa shape index (κ2) is 12.0. The Hall–Kier alpha value is -3.50. The molecule has 2 N–H and O–H groups in total. The monoisotopic (exact) mass is 708 g/mol. The first-order chi connectivity index (χ1) is 23.9. The third-order valence-electron chi connectivity index (χ3n) is 12.4. The number of thioether (sulfide) groups is 1. The number of aromatic amines is 2. The molecule has 4 unspecified atom stereocenters. The van der Waals surface area contributed by atoms with Crippen molar-refractivity contribution in [2.75, 3.05) is 6.54 Å². The van der Waals surface area contributed by atoms with Crippen LogP contribution in [0.5, 0.6) is 0 Å². The van der Waals surface area contributed by atoms with E-state index in [1.807, 2.05) is 29.1 Å². The molecule has 10 heteroatoms. The second-order valence-corrected chi connectivity index (χ2v) is 18.2. The Morgan fingerprint density at radius 1 is 0.860 bits per heavy atom. The molecule has 0 aliphatic carbocycles. The van der Waals surface area contributed by atoms with Gasteiger partial charge in [0, 0.05) is 18.4 Å². The molecule has 4 atom stereocenters. The Morgan fingerprint density at radius 3 is 2.06 bits per heavy atom. The molecule has 0 bridgehead atoms. The molecule has 0 spiro atoms. The number of imidazole rings is 2. The number of carbonyl (C=O) groups excluding carboxylic acids is 2. The fourth-order valence-corrected chi connectivity index (χ4v) is 10.4. The summed E-state index contributed by atoms with van der Waals surface area (Å²) in [5.74, 6) is 2.51. The highest BCUT2D eigenvalue weighted by Gasteiger charge is 2.68. The molecule has 8 nitrogen and oxygen atoms in total. The highest BCUT2D eigenvalue weighted by molar-refractivity contribution is 8.08. The van der Waals surface area contributed by atoms with Crippen molar-refractivity contribution in [3.05, 3.63) is 72.6 Å². The zero-order valence-electron chi connectivity index (χ0n) is 29.8. The third-order valence-corrected chi connectivity index (χ3v) is 14.7. The molecular formula is C40H48N6O2S2. The van der Waals surface area contributed by atoms with E-state index < -0.39 is 11.0 Å². The minimum atomic E-state index is -0.446. The highest BCUT2D eigenvalue weighted by atomic mass is 32.2. The van der Waals surface area contributed by atoms with Gasteiger partial charge in [0.25, 0.3) is 0 Å². The Morgan fingerprint density at radius 2 is 1.44 bits per heavy atom. The average Bonchev–Trinajstić information content (AvgIpc) is 3.46. The molecule has 6 heterocycles. The number of fused-ring (bicyclic) bond motifs is 3. The molecule has 4 fully saturated rings.